The Balaban J connectivity index is 1.43. The molecule has 58 heavy (non-hydrogen) atoms. The highest BCUT2D eigenvalue weighted by atomic mass is 28.5. The van der Waals surface area contributed by atoms with Crippen LogP contribution in [0.25, 0.3) is 0 Å². The third kappa shape index (κ3) is 7.53. The van der Waals surface area contributed by atoms with Crippen molar-refractivity contribution in [2.45, 2.75) is 6.55 Å². The Kier molecular flexibility index (Phi) is 11.7. The van der Waals surface area contributed by atoms with E-state index >= 15 is 0 Å². The minimum absolute atomic E-state index is 0.997. The van der Waals surface area contributed by atoms with Gasteiger partial charge in [0.05, 0.1) is 0 Å². The molecular weight excluding hydrogens is 773 g/mol. The minimum atomic E-state index is -3.84. The van der Waals surface area contributed by atoms with Gasteiger partial charge in [0, 0.05) is 0 Å². The third-order valence-electron chi connectivity index (χ3n) is 10.8. The van der Waals surface area contributed by atoms with Crippen molar-refractivity contribution in [3.63, 3.8) is 0 Å². The van der Waals surface area contributed by atoms with Crippen molar-refractivity contribution in [3.8, 4) is 0 Å². The van der Waals surface area contributed by atoms with Gasteiger partial charge in [-0.25, -0.2) is 0 Å². The van der Waals surface area contributed by atoms with E-state index in [2.05, 4.69) is 256 Å². The van der Waals surface area contributed by atoms with E-state index in [1.807, 2.05) is 5.70 Å². The maximum atomic E-state index is 8.46. The SMILES string of the molecule is C=C[Si](C)(O[Si](O[Si](c1ccccc1)(c1ccccc1)c1ccccc1)(c1ccccc1)c1ccccc1)O[Si](c1ccccc1)(c1ccccc1)c1ccccc1. The van der Waals surface area contributed by atoms with Crippen LogP contribution >= 0.6 is 0 Å². The van der Waals surface area contributed by atoms with Gasteiger partial charge >= 0.3 is 17.1 Å². The Hall–Kier alpha value is -5.75. The summed E-state index contributed by atoms with van der Waals surface area (Å²) in [5.74, 6) is 0. The van der Waals surface area contributed by atoms with E-state index in [9.17, 15) is 0 Å². The van der Waals surface area contributed by atoms with Gasteiger partial charge in [-0.3, -0.25) is 0 Å². The van der Waals surface area contributed by atoms with Gasteiger partial charge in [-0.05, 0) is 48.0 Å². The van der Waals surface area contributed by atoms with Crippen molar-refractivity contribution < 1.29 is 12.3 Å². The molecule has 0 N–H and O–H groups in total. The predicted octanol–water partition coefficient (Wildman–Crippen LogP) is 6.42. The van der Waals surface area contributed by atoms with E-state index in [-0.39, 0.29) is 0 Å². The highest BCUT2D eigenvalue weighted by molar-refractivity contribution is 7.15. The molecule has 0 aromatic heterocycles. The van der Waals surface area contributed by atoms with Gasteiger partial charge in [-0.1, -0.05) is 248 Å². The van der Waals surface area contributed by atoms with Gasteiger partial charge in [-0.15, -0.1) is 6.58 Å². The molecule has 0 heterocycles. The van der Waals surface area contributed by atoms with Crippen molar-refractivity contribution in [1.82, 2.24) is 0 Å². The highest BCUT2D eigenvalue weighted by Crippen LogP contribution is 2.27. The van der Waals surface area contributed by atoms with Crippen molar-refractivity contribution >= 4 is 75.3 Å². The number of rotatable bonds is 15. The first kappa shape index (κ1) is 39.1. The quantitative estimate of drug-likeness (QED) is 0.0884. The Morgan fingerprint density at radius 1 is 0.293 bits per heavy atom. The van der Waals surface area contributed by atoms with Crippen LogP contribution in [0, 0.1) is 0 Å². The molecule has 0 amide bonds. The molecule has 0 spiro atoms. The van der Waals surface area contributed by atoms with Crippen LogP contribution in [0.15, 0.2) is 255 Å². The molecule has 1 unspecified atom stereocenters. The van der Waals surface area contributed by atoms with Gasteiger partial charge in [0.15, 0.2) is 0 Å². The lowest BCUT2D eigenvalue weighted by Gasteiger charge is -2.47. The fourth-order valence-corrected chi connectivity index (χ4v) is 28.5. The van der Waals surface area contributed by atoms with Crippen LogP contribution in [0.1, 0.15) is 0 Å². The molecule has 0 saturated carbocycles. The molecule has 0 radical (unpaired) electrons. The fraction of sp³-hybridized carbons (Fsp3) is 0.0196. The topological polar surface area (TPSA) is 27.7 Å². The maximum absolute atomic E-state index is 8.46. The molecule has 0 aliphatic rings. The van der Waals surface area contributed by atoms with Crippen molar-refractivity contribution in [2.24, 2.45) is 0 Å². The zero-order valence-electron chi connectivity index (χ0n) is 32.6. The average molecular weight is 819 g/mol. The highest BCUT2D eigenvalue weighted by Gasteiger charge is 2.58. The summed E-state index contributed by atoms with van der Waals surface area (Å²) >= 11 is 0. The summed E-state index contributed by atoms with van der Waals surface area (Å²) in [5, 5.41) is 8.77. The minimum Gasteiger partial charge on any atom is -0.422 e. The molecule has 8 rings (SSSR count). The second kappa shape index (κ2) is 17.4. The summed E-state index contributed by atoms with van der Waals surface area (Å²) in [6, 6.07) is 85.5. The predicted molar refractivity (Wildman–Crippen MR) is 251 cm³/mol. The Bertz CT molecular complexity index is 2270. The molecule has 1 atom stereocenters. The monoisotopic (exact) mass is 818 g/mol. The molecule has 0 aliphatic carbocycles. The second-order valence-electron chi connectivity index (χ2n) is 14.4. The number of hydrogen-bond donors (Lipinski definition) is 0. The first-order valence-electron chi connectivity index (χ1n) is 19.7. The van der Waals surface area contributed by atoms with Gasteiger partial charge < -0.3 is 12.3 Å². The van der Waals surface area contributed by atoms with Crippen LogP contribution in [-0.2, 0) is 12.3 Å². The summed E-state index contributed by atoms with van der Waals surface area (Å²) < 4.78 is 24.7. The molecule has 0 fully saturated rings. The van der Waals surface area contributed by atoms with E-state index in [0.29, 0.717) is 0 Å². The Morgan fingerprint density at radius 3 is 0.724 bits per heavy atom. The normalized spacial score (nSPS) is 13.0. The third-order valence-corrected chi connectivity index (χ3v) is 28.6. The van der Waals surface area contributed by atoms with Crippen molar-refractivity contribution in [1.29, 1.82) is 0 Å². The van der Waals surface area contributed by atoms with Gasteiger partial charge in [0.1, 0.15) is 0 Å². The molecule has 3 nitrogen and oxygen atoms in total. The lowest BCUT2D eigenvalue weighted by molar-refractivity contribution is 0.356. The van der Waals surface area contributed by atoms with Crippen LogP contribution in [0.2, 0.25) is 6.55 Å². The molecule has 0 aliphatic heterocycles. The molecule has 8 aromatic rings. The van der Waals surface area contributed by atoms with E-state index in [1.165, 1.54) is 0 Å². The Morgan fingerprint density at radius 2 is 0.500 bits per heavy atom. The zero-order valence-corrected chi connectivity index (χ0v) is 36.6. The summed E-state index contributed by atoms with van der Waals surface area (Å²) in [4.78, 5) is 0. The average Bonchev–Trinajstić information content (AvgIpc) is 3.32. The van der Waals surface area contributed by atoms with Crippen molar-refractivity contribution in [2.75, 3.05) is 0 Å². The summed E-state index contributed by atoms with van der Waals surface area (Å²) in [6.45, 7) is 6.71. The smallest absolute Gasteiger partial charge is 0.388 e. The van der Waals surface area contributed by atoms with Crippen LogP contribution in [-0.4, -0.2) is 33.8 Å². The first-order chi connectivity index (χ1) is 28.5. The lowest BCUT2D eigenvalue weighted by atomic mass is 10.3. The second-order valence-corrected chi connectivity index (χ2v) is 27.9. The molecular formula is C51H46O3Si4. The molecule has 7 heteroatoms. The largest absolute Gasteiger partial charge is 0.422 e. The maximum Gasteiger partial charge on any atom is 0.388 e. The van der Waals surface area contributed by atoms with Crippen LogP contribution in [0.4, 0.5) is 0 Å². The molecule has 0 bridgehead atoms. The van der Waals surface area contributed by atoms with E-state index in [1.54, 1.807) is 0 Å². The van der Waals surface area contributed by atoms with Gasteiger partial charge in [0.2, 0.25) is 0 Å². The number of benzene rings is 8. The van der Waals surface area contributed by atoms with Gasteiger partial charge in [0.25, 0.3) is 16.6 Å². The van der Waals surface area contributed by atoms with E-state index in [0.717, 1.165) is 41.5 Å². The zero-order chi connectivity index (χ0) is 39.7. The van der Waals surface area contributed by atoms with Crippen LogP contribution in [0.5, 0.6) is 0 Å². The summed E-state index contributed by atoms with van der Waals surface area (Å²) in [6.07, 6.45) is 0. The van der Waals surface area contributed by atoms with Crippen molar-refractivity contribution in [3.05, 3.63) is 255 Å². The van der Waals surface area contributed by atoms with Crippen LogP contribution < -0.4 is 41.5 Å². The lowest BCUT2D eigenvalue weighted by Crippen LogP contribution is -2.81. The fourth-order valence-electron chi connectivity index (χ4n) is 8.04. The first-order valence-corrected chi connectivity index (χ1v) is 27.7. The molecule has 0 saturated heterocycles. The summed E-state index contributed by atoms with van der Waals surface area (Å²) in [5.41, 5.74) is 1.97. The van der Waals surface area contributed by atoms with Gasteiger partial charge in [-0.2, -0.15) is 0 Å². The van der Waals surface area contributed by atoms with E-state index in [4.69, 9.17) is 12.3 Å². The number of hydrogen-bond acceptors (Lipinski definition) is 3. The molecule has 8 aromatic carbocycles. The standard InChI is InChI=1S/C51H46O3Si4/c1-3-55(2,52-56(44-28-12-4-13-29-44,45-30-14-5-15-31-45)46-32-16-6-17-33-46)53-58(50-40-24-10-25-41-50,51-42-26-11-27-43-51)54-57(47-34-18-7-19-35-47,48-36-20-8-21-37-48)49-38-22-9-23-39-49/h3-43H,1H2,2H3. The molecule has 284 valence electrons. The van der Waals surface area contributed by atoms with E-state index < -0.39 is 33.8 Å². The Labute approximate surface area is 347 Å². The summed E-state index contributed by atoms with van der Waals surface area (Å²) in [7, 11) is -14.1. The van der Waals surface area contributed by atoms with Crippen LogP contribution in [0.3, 0.4) is 0 Å².